The molecule has 0 spiro atoms. The number of aryl methyl sites for hydroxylation is 1. The van der Waals surface area contributed by atoms with Crippen molar-refractivity contribution in [3.8, 4) is 0 Å². The van der Waals surface area contributed by atoms with E-state index in [0.29, 0.717) is 5.92 Å². The minimum absolute atomic E-state index is 0.0515. The van der Waals surface area contributed by atoms with Gasteiger partial charge in [0.25, 0.3) is 0 Å². The maximum Gasteiger partial charge on any atom is 0.225 e. The molecule has 3 atom stereocenters. The SMILES string of the molecule is CCNC(=NCC1CCCOC1c1ccc(C)cc1)NC1CCN(C(=O)C(C)C)C1. The van der Waals surface area contributed by atoms with Crippen molar-refractivity contribution in [1.82, 2.24) is 15.5 Å². The third-order valence-corrected chi connectivity index (χ3v) is 6.01. The van der Waals surface area contributed by atoms with Gasteiger partial charge in [0.05, 0.1) is 6.10 Å². The van der Waals surface area contributed by atoms with E-state index in [1.54, 1.807) is 0 Å². The molecule has 3 unspecified atom stereocenters. The number of rotatable bonds is 6. The van der Waals surface area contributed by atoms with E-state index >= 15 is 0 Å². The van der Waals surface area contributed by atoms with Crippen LogP contribution >= 0.6 is 0 Å². The second kappa shape index (κ2) is 10.8. The molecule has 2 aliphatic heterocycles. The smallest absolute Gasteiger partial charge is 0.225 e. The van der Waals surface area contributed by atoms with Gasteiger partial charge in [0.15, 0.2) is 5.96 Å². The zero-order chi connectivity index (χ0) is 21.5. The Hall–Kier alpha value is -2.08. The molecule has 3 rings (SSSR count). The van der Waals surface area contributed by atoms with Crippen LogP contribution in [-0.2, 0) is 9.53 Å². The van der Waals surface area contributed by atoms with Crippen molar-refractivity contribution in [2.45, 2.75) is 59.1 Å². The molecule has 2 saturated heterocycles. The lowest BCUT2D eigenvalue weighted by Gasteiger charge is -2.31. The molecule has 0 bridgehead atoms. The average Bonchev–Trinajstić information content (AvgIpc) is 3.21. The second-order valence-electron chi connectivity index (χ2n) is 8.89. The molecule has 2 N–H and O–H groups in total. The summed E-state index contributed by atoms with van der Waals surface area (Å²) in [6.07, 6.45) is 3.28. The summed E-state index contributed by atoms with van der Waals surface area (Å²) in [6, 6.07) is 8.93. The lowest BCUT2D eigenvalue weighted by molar-refractivity contribution is -0.133. The molecular weight excluding hydrogens is 376 g/mol. The molecule has 0 saturated carbocycles. The van der Waals surface area contributed by atoms with Crippen molar-refractivity contribution in [2.24, 2.45) is 16.8 Å². The molecule has 6 nitrogen and oxygen atoms in total. The Balaban J connectivity index is 1.61. The van der Waals surface area contributed by atoms with E-state index in [4.69, 9.17) is 9.73 Å². The summed E-state index contributed by atoms with van der Waals surface area (Å²) < 4.78 is 6.15. The first-order valence-corrected chi connectivity index (χ1v) is 11.5. The molecule has 1 aromatic carbocycles. The van der Waals surface area contributed by atoms with Gasteiger partial charge in [0, 0.05) is 50.7 Å². The number of likely N-dealkylation sites (tertiary alicyclic amines) is 1. The number of ether oxygens (including phenoxy) is 1. The number of benzene rings is 1. The lowest BCUT2D eigenvalue weighted by Crippen LogP contribution is -2.45. The van der Waals surface area contributed by atoms with Crippen molar-refractivity contribution in [1.29, 1.82) is 0 Å². The van der Waals surface area contributed by atoms with Gasteiger partial charge < -0.3 is 20.3 Å². The Morgan fingerprint density at radius 3 is 2.73 bits per heavy atom. The van der Waals surface area contributed by atoms with Crippen LogP contribution in [0.2, 0.25) is 0 Å². The highest BCUT2D eigenvalue weighted by Crippen LogP contribution is 2.34. The van der Waals surface area contributed by atoms with E-state index < -0.39 is 0 Å². The summed E-state index contributed by atoms with van der Waals surface area (Å²) in [5.74, 6) is 1.51. The molecule has 0 aromatic heterocycles. The van der Waals surface area contributed by atoms with E-state index in [0.717, 1.165) is 58.0 Å². The third kappa shape index (κ3) is 5.97. The largest absolute Gasteiger partial charge is 0.373 e. The van der Waals surface area contributed by atoms with Gasteiger partial charge in [-0.3, -0.25) is 9.79 Å². The van der Waals surface area contributed by atoms with Gasteiger partial charge in [-0.05, 0) is 38.7 Å². The molecule has 2 fully saturated rings. The van der Waals surface area contributed by atoms with Gasteiger partial charge in [-0.1, -0.05) is 43.7 Å². The molecule has 2 heterocycles. The standard InChI is InChI=1S/C24H38N4O2/c1-5-25-24(27-21-12-13-28(16-21)23(29)17(2)3)26-15-20-7-6-14-30-22(20)19-10-8-18(4)9-11-19/h8-11,17,20-22H,5-7,12-16H2,1-4H3,(H2,25,26,27). The summed E-state index contributed by atoms with van der Waals surface area (Å²) in [4.78, 5) is 19.1. The average molecular weight is 415 g/mol. The van der Waals surface area contributed by atoms with E-state index in [-0.39, 0.29) is 24.0 Å². The first-order chi connectivity index (χ1) is 14.5. The van der Waals surface area contributed by atoms with Crippen molar-refractivity contribution < 1.29 is 9.53 Å². The van der Waals surface area contributed by atoms with Gasteiger partial charge in [0.1, 0.15) is 0 Å². The predicted molar refractivity (Wildman–Crippen MR) is 122 cm³/mol. The number of nitrogens with zero attached hydrogens (tertiary/aromatic N) is 2. The van der Waals surface area contributed by atoms with Crippen LogP contribution in [0.4, 0.5) is 0 Å². The number of carbonyl (C=O) groups is 1. The van der Waals surface area contributed by atoms with Crippen LogP contribution in [0, 0.1) is 18.8 Å². The fraction of sp³-hybridized carbons (Fsp3) is 0.667. The first kappa shape index (κ1) is 22.6. The molecular formula is C24H38N4O2. The number of hydrogen-bond acceptors (Lipinski definition) is 3. The monoisotopic (exact) mass is 414 g/mol. The van der Waals surface area contributed by atoms with Crippen molar-refractivity contribution in [3.63, 3.8) is 0 Å². The number of hydrogen-bond donors (Lipinski definition) is 2. The van der Waals surface area contributed by atoms with Crippen LogP contribution in [0.5, 0.6) is 0 Å². The predicted octanol–water partition coefficient (Wildman–Crippen LogP) is 3.27. The lowest BCUT2D eigenvalue weighted by atomic mass is 9.89. The number of nitrogens with one attached hydrogen (secondary N) is 2. The topological polar surface area (TPSA) is 66.0 Å². The van der Waals surface area contributed by atoms with Crippen molar-refractivity contribution in [2.75, 3.05) is 32.8 Å². The zero-order valence-corrected chi connectivity index (χ0v) is 19.0. The minimum Gasteiger partial charge on any atom is -0.373 e. The quantitative estimate of drug-likeness (QED) is 0.554. The number of carbonyl (C=O) groups excluding carboxylic acids is 1. The summed E-state index contributed by atoms with van der Waals surface area (Å²) in [7, 11) is 0. The highest BCUT2D eigenvalue weighted by atomic mass is 16.5. The highest BCUT2D eigenvalue weighted by Gasteiger charge is 2.29. The van der Waals surface area contributed by atoms with Gasteiger partial charge >= 0.3 is 0 Å². The summed E-state index contributed by atoms with van der Waals surface area (Å²) in [5.41, 5.74) is 2.52. The Morgan fingerprint density at radius 1 is 1.27 bits per heavy atom. The Morgan fingerprint density at radius 2 is 2.03 bits per heavy atom. The van der Waals surface area contributed by atoms with Crippen molar-refractivity contribution >= 4 is 11.9 Å². The number of aliphatic imine (C=N–C) groups is 1. The van der Waals surface area contributed by atoms with Crippen LogP contribution in [0.3, 0.4) is 0 Å². The molecule has 0 aliphatic carbocycles. The van der Waals surface area contributed by atoms with Gasteiger partial charge in [-0.25, -0.2) is 0 Å². The molecule has 0 radical (unpaired) electrons. The Kier molecular flexibility index (Phi) is 8.14. The Labute approximate surface area is 181 Å². The first-order valence-electron chi connectivity index (χ1n) is 11.5. The van der Waals surface area contributed by atoms with Crippen LogP contribution < -0.4 is 10.6 Å². The summed E-state index contributed by atoms with van der Waals surface area (Å²) >= 11 is 0. The summed E-state index contributed by atoms with van der Waals surface area (Å²) in [5, 5.41) is 6.92. The molecule has 30 heavy (non-hydrogen) atoms. The van der Waals surface area contributed by atoms with Crippen LogP contribution in [0.1, 0.15) is 57.3 Å². The maximum absolute atomic E-state index is 12.3. The molecule has 6 heteroatoms. The highest BCUT2D eigenvalue weighted by molar-refractivity contribution is 5.81. The zero-order valence-electron chi connectivity index (χ0n) is 19.0. The fourth-order valence-electron chi connectivity index (χ4n) is 4.32. The van der Waals surface area contributed by atoms with Crippen molar-refractivity contribution in [3.05, 3.63) is 35.4 Å². The van der Waals surface area contributed by atoms with Crippen LogP contribution in [0.15, 0.2) is 29.3 Å². The van der Waals surface area contributed by atoms with E-state index in [1.807, 2.05) is 18.7 Å². The number of amides is 1. The fourth-order valence-corrected chi connectivity index (χ4v) is 4.32. The van der Waals surface area contributed by atoms with Crippen LogP contribution in [0.25, 0.3) is 0 Å². The normalized spacial score (nSPS) is 24.9. The van der Waals surface area contributed by atoms with E-state index in [9.17, 15) is 4.79 Å². The van der Waals surface area contributed by atoms with Crippen LogP contribution in [-0.4, -0.2) is 55.6 Å². The van der Waals surface area contributed by atoms with E-state index in [2.05, 4.69) is 48.7 Å². The molecule has 1 amide bonds. The summed E-state index contributed by atoms with van der Waals surface area (Å²) in [6.45, 7) is 12.1. The van der Waals surface area contributed by atoms with Gasteiger partial charge in [-0.2, -0.15) is 0 Å². The van der Waals surface area contributed by atoms with Gasteiger partial charge in [-0.15, -0.1) is 0 Å². The second-order valence-corrected chi connectivity index (χ2v) is 8.89. The number of guanidine groups is 1. The molecule has 1 aromatic rings. The van der Waals surface area contributed by atoms with Gasteiger partial charge in [0.2, 0.25) is 5.91 Å². The molecule has 166 valence electrons. The maximum atomic E-state index is 12.3. The molecule has 2 aliphatic rings. The third-order valence-electron chi connectivity index (χ3n) is 6.01. The van der Waals surface area contributed by atoms with E-state index in [1.165, 1.54) is 11.1 Å². The Bertz CT molecular complexity index is 716. The minimum atomic E-state index is 0.0515.